The largest absolute Gasteiger partial charge is 0.379 e. The van der Waals surface area contributed by atoms with E-state index in [1.54, 1.807) is 18.2 Å². The summed E-state index contributed by atoms with van der Waals surface area (Å²) in [5, 5.41) is 13.4. The zero-order chi connectivity index (χ0) is 16.5. The van der Waals surface area contributed by atoms with Crippen molar-refractivity contribution >= 4 is 30.1 Å². The third-order valence-corrected chi connectivity index (χ3v) is 3.59. The van der Waals surface area contributed by atoms with Gasteiger partial charge >= 0.3 is 0 Å². The van der Waals surface area contributed by atoms with Gasteiger partial charge in [0.2, 0.25) is 5.91 Å². The average Bonchev–Trinajstić information content (AvgIpc) is 2.58. The number of nitrogens with zero attached hydrogens (tertiary/aromatic N) is 2. The van der Waals surface area contributed by atoms with Gasteiger partial charge in [0.25, 0.3) is 5.69 Å². The van der Waals surface area contributed by atoms with Crippen LogP contribution in [-0.4, -0.2) is 55.1 Å². The summed E-state index contributed by atoms with van der Waals surface area (Å²) in [4.78, 5) is 24.1. The second-order valence-electron chi connectivity index (χ2n) is 5.28. The van der Waals surface area contributed by atoms with Gasteiger partial charge in [0, 0.05) is 37.8 Å². The number of amides is 1. The average molecular weight is 356 g/mol. The number of hydrogen-bond donors (Lipinski definition) is 1. The lowest BCUT2D eigenvalue weighted by atomic mass is 10.2. The lowest BCUT2D eigenvalue weighted by Gasteiger charge is -2.26. The van der Waals surface area contributed by atoms with E-state index in [9.17, 15) is 14.9 Å². The lowest BCUT2D eigenvalue weighted by Crippen LogP contribution is -2.38. The van der Waals surface area contributed by atoms with Crippen LogP contribution in [0.1, 0.15) is 12.0 Å². The Morgan fingerprint density at radius 1 is 1.29 bits per heavy atom. The molecular weight excluding hydrogens is 334 g/mol. The van der Waals surface area contributed by atoms with Crippen LogP contribution in [0.15, 0.2) is 30.3 Å². The minimum Gasteiger partial charge on any atom is -0.379 e. The van der Waals surface area contributed by atoms with Crippen molar-refractivity contribution in [2.75, 3.05) is 39.4 Å². The van der Waals surface area contributed by atoms with Crippen LogP contribution in [0.5, 0.6) is 0 Å². The number of nitrogens with one attached hydrogen (secondary N) is 1. The van der Waals surface area contributed by atoms with Gasteiger partial charge in [0.05, 0.1) is 18.1 Å². The fraction of sp³-hybridized carbons (Fsp3) is 0.438. The number of halogens is 1. The second kappa shape index (κ2) is 10.7. The van der Waals surface area contributed by atoms with Gasteiger partial charge in [-0.25, -0.2) is 0 Å². The quantitative estimate of drug-likeness (QED) is 0.349. The van der Waals surface area contributed by atoms with Gasteiger partial charge in [0.15, 0.2) is 0 Å². The highest BCUT2D eigenvalue weighted by molar-refractivity contribution is 5.91. The van der Waals surface area contributed by atoms with Crippen LogP contribution in [-0.2, 0) is 9.53 Å². The molecule has 1 fully saturated rings. The minimum atomic E-state index is -0.450. The molecule has 1 aromatic carbocycles. The predicted octanol–water partition coefficient (Wildman–Crippen LogP) is 1.87. The first kappa shape index (κ1) is 20.1. The minimum absolute atomic E-state index is 0. The van der Waals surface area contributed by atoms with Crippen molar-refractivity contribution in [2.24, 2.45) is 0 Å². The zero-order valence-electron chi connectivity index (χ0n) is 13.3. The van der Waals surface area contributed by atoms with Gasteiger partial charge in [-0.05, 0) is 36.7 Å². The number of ether oxygens (including phenoxy) is 1. The summed E-state index contributed by atoms with van der Waals surface area (Å²) in [6.07, 6.45) is 3.98. The molecule has 24 heavy (non-hydrogen) atoms. The van der Waals surface area contributed by atoms with Gasteiger partial charge in [-0.2, -0.15) is 0 Å². The van der Waals surface area contributed by atoms with E-state index in [1.807, 2.05) is 0 Å². The van der Waals surface area contributed by atoms with Gasteiger partial charge < -0.3 is 10.1 Å². The lowest BCUT2D eigenvalue weighted by molar-refractivity contribution is -0.384. The molecule has 1 saturated heterocycles. The molecule has 132 valence electrons. The third kappa shape index (κ3) is 7.08. The molecule has 8 heteroatoms. The molecule has 7 nitrogen and oxygen atoms in total. The fourth-order valence-electron chi connectivity index (χ4n) is 2.28. The van der Waals surface area contributed by atoms with Crippen LogP contribution in [0.3, 0.4) is 0 Å². The Hall–Kier alpha value is -1.96. The number of carbonyl (C=O) groups is 1. The summed E-state index contributed by atoms with van der Waals surface area (Å²) < 4.78 is 5.28. The maximum Gasteiger partial charge on any atom is 0.269 e. The van der Waals surface area contributed by atoms with Crippen LogP contribution >= 0.6 is 12.4 Å². The molecule has 2 rings (SSSR count). The number of benzene rings is 1. The van der Waals surface area contributed by atoms with E-state index in [0.29, 0.717) is 6.54 Å². The monoisotopic (exact) mass is 355 g/mol. The third-order valence-electron chi connectivity index (χ3n) is 3.59. The number of non-ortho nitro benzene ring substituents is 1. The second-order valence-corrected chi connectivity index (χ2v) is 5.28. The number of nitro groups is 1. The summed E-state index contributed by atoms with van der Waals surface area (Å²) in [7, 11) is 0. The van der Waals surface area contributed by atoms with Gasteiger partial charge in [-0.1, -0.05) is 0 Å². The maximum atomic E-state index is 11.7. The number of nitro benzene ring substituents is 1. The predicted molar refractivity (Wildman–Crippen MR) is 94.3 cm³/mol. The number of morpholine rings is 1. The standard InChI is InChI=1S/C16H21N3O4.ClH/c20-16(17-8-1-9-18-10-12-23-13-11-18)7-4-14-2-5-15(6-3-14)19(21)22;/h2-7H,1,8-13H2,(H,17,20);1H/b7-4+;. The Labute approximate surface area is 147 Å². The van der Waals surface area contributed by atoms with E-state index < -0.39 is 4.92 Å². The fourth-order valence-corrected chi connectivity index (χ4v) is 2.28. The molecule has 0 radical (unpaired) electrons. The molecule has 1 heterocycles. The molecule has 0 atom stereocenters. The van der Waals surface area contributed by atoms with Crippen LogP contribution in [0.4, 0.5) is 5.69 Å². The Balaban J connectivity index is 0.00000288. The molecule has 0 unspecified atom stereocenters. The van der Waals surface area contributed by atoms with Crippen molar-refractivity contribution < 1.29 is 14.5 Å². The van der Waals surface area contributed by atoms with Crippen LogP contribution in [0, 0.1) is 10.1 Å². The molecule has 0 aliphatic carbocycles. The molecule has 1 aromatic rings. The summed E-state index contributed by atoms with van der Waals surface area (Å²) in [6, 6.07) is 6.06. The molecule has 1 amide bonds. The highest BCUT2D eigenvalue weighted by Gasteiger charge is 2.09. The summed E-state index contributed by atoms with van der Waals surface area (Å²) in [6.45, 7) is 5.05. The van der Waals surface area contributed by atoms with Crippen molar-refractivity contribution in [1.82, 2.24) is 10.2 Å². The van der Waals surface area contributed by atoms with E-state index in [1.165, 1.54) is 18.2 Å². The number of rotatable bonds is 7. The molecule has 0 aromatic heterocycles. The summed E-state index contributed by atoms with van der Waals surface area (Å²) >= 11 is 0. The van der Waals surface area contributed by atoms with E-state index in [4.69, 9.17) is 4.74 Å². The van der Waals surface area contributed by atoms with Gasteiger partial charge in [0.1, 0.15) is 0 Å². The topological polar surface area (TPSA) is 84.7 Å². The molecule has 0 spiro atoms. The van der Waals surface area contributed by atoms with Crippen LogP contribution in [0.25, 0.3) is 6.08 Å². The summed E-state index contributed by atoms with van der Waals surface area (Å²) in [5.74, 6) is -0.162. The smallest absolute Gasteiger partial charge is 0.269 e. The van der Waals surface area contributed by atoms with Crippen molar-refractivity contribution in [2.45, 2.75) is 6.42 Å². The Bertz CT molecular complexity index is 557. The normalized spacial score (nSPS) is 15.0. The van der Waals surface area contributed by atoms with E-state index in [-0.39, 0.29) is 24.0 Å². The molecule has 0 saturated carbocycles. The molecule has 0 bridgehead atoms. The van der Waals surface area contributed by atoms with Crippen molar-refractivity contribution in [3.63, 3.8) is 0 Å². The zero-order valence-corrected chi connectivity index (χ0v) is 14.2. The first-order valence-corrected chi connectivity index (χ1v) is 7.65. The molecular formula is C16H22ClN3O4. The molecule has 1 aliphatic rings. The van der Waals surface area contributed by atoms with Gasteiger partial charge in [-0.3, -0.25) is 19.8 Å². The Kier molecular flexibility index (Phi) is 8.99. The van der Waals surface area contributed by atoms with E-state index in [2.05, 4.69) is 10.2 Å². The maximum absolute atomic E-state index is 11.7. The van der Waals surface area contributed by atoms with Gasteiger partial charge in [-0.15, -0.1) is 12.4 Å². The SMILES string of the molecule is Cl.O=C(/C=C/c1ccc([N+](=O)[O-])cc1)NCCCN1CCOCC1. The number of hydrogen-bond acceptors (Lipinski definition) is 5. The van der Waals surface area contributed by atoms with Crippen molar-refractivity contribution in [3.05, 3.63) is 46.0 Å². The molecule has 1 N–H and O–H groups in total. The van der Waals surface area contributed by atoms with Crippen molar-refractivity contribution in [3.8, 4) is 0 Å². The van der Waals surface area contributed by atoms with E-state index >= 15 is 0 Å². The first-order valence-electron chi connectivity index (χ1n) is 7.65. The van der Waals surface area contributed by atoms with Crippen LogP contribution < -0.4 is 5.32 Å². The van der Waals surface area contributed by atoms with Crippen LogP contribution in [0.2, 0.25) is 0 Å². The number of carbonyl (C=O) groups excluding carboxylic acids is 1. The Morgan fingerprint density at radius 3 is 2.58 bits per heavy atom. The molecule has 1 aliphatic heterocycles. The first-order chi connectivity index (χ1) is 11.1. The highest BCUT2D eigenvalue weighted by Crippen LogP contribution is 2.12. The van der Waals surface area contributed by atoms with E-state index in [0.717, 1.165) is 44.8 Å². The Morgan fingerprint density at radius 2 is 1.96 bits per heavy atom. The highest BCUT2D eigenvalue weighted by atomic mass is 35.5. The van der Waals surface area contributed by atoms with Crippen molar-refractivity contribution in [1.29, 1.82) is 0 Å². The summed E-state index contributed by atoms with van der Waals surface area (Å²) in [5.41, 5.74) is 0.786.